The zero-order valence-electron chi connectivity index (χ0n) is 12.0. The van der Waals surface area contributed by atoms with Crippen molar-refractivity contribution in [1.82, 2.24) is 9.36 Å². The highest BCUT2D eigenvalue weighted by molar-refractivity contribution is 7.09. The lowest BCUT2D eigenvalue weighted by molar-refractivity contribution is 0.795. The van der Waals surface area contributed by atoms with Gasteiger partial charge in [0.05, 0.1) is 6.04 Å². The van der Waals surface area contributed by atoms with Crippen LogP contribution >= 0.6 is 11.5 Å². The Morgan fingerprint density at radius 1 is 1.16 bits per heavy atom. The van der Waals surface area contributed by atoms with E-state index in [1.54, 1.807) is 0 Å². The largest absolute Gasteiger partial charge is 0.354 e. The van der Waals surface area contributed by atoms with E-state index in [-0.39, 0.29) is 6.04 Å². The second-order valence-electron chi connectivity index (χ2n) is 5.07. The Balaban J connectivity index is 2.04. The van der Waals surface area contributed by atoms with Crippen molar-refractivity contribution in [3.8, 4) is 0 Å². The normalized spacial score (nSPS) is 12.7. The first kappa shape index (κ1) is 14.0. The molecule has 1 atom stereocenters. The molecule has 0 aliphatic heterocycles. The predicted octanol–water partition coefficient (Wildman–Crippen LogP) is 4.40. The van der Waals surface area contributed by atoms with E-state index in [4.69, 9.17) is 0 Å². The maximum absolute atomic E-state index is 4.51. The van der Waals surface area contributed by atoms with Crippen molar-refractivity contribution in [3.63, 3.8) is 0 Å². The van der Waals surface area contributed by atoms with Gasteiger partial charge in [-0.15, -0.1) is 0 Å². The van der Waals surface area contributed by atoms with Crippen LogP contribution in [-0.4, -0.2) is 9.36 Å². The number of anilines is 1. The summed E-state index contributed by atoms with van der Waals surface area (Å²) in [6.07, 6.45) is 1.08. The molecule has 0 amide bonds. The lowest BCUT2D eigenvalue weighted by Crippen LogP contribution is -2.06. The molecule has 1 N–H and O–H groups in total. The molecule has 1 unspecified atom stereocenters. The molecule has 0 aliphatic rings. The van der Waals surface area contributed by atoms with Gasteiger partial charge in [-0.05, 0) is 24.5 Å². The van der Waals surface area contributed by atoms with Gasteiger partial charge in [-0.25, -0.2) is 4.98 Å². The van der Waals surface area contributed by atoms with Crippen LogP contribution in [0.3, 0.4) is 0 Å². The summed E-state index contributed by atoms with van der Waals surface area (Å²) in [5.74, 6) is 1.30. The molecule has 102 valence electrons. The number of nitrogens with one attached hydrogen (secondary N) is 1. The number of aryl methyl sites for hydroxylation is 1. The van der Waals surface area contributed by atoms with Crippen molar-refractivity contribution in [2.75, 3.05) is 5.32 Å². The SMILES string of the molecule is CCc1ccc(C(C)Nc2nc(C(C)C)ns2)cc1. The Bertz CT molecular complexity index is 516. The minimum Gasteiger partial charge on any atom is -0.354 e. The van der Waals surface area contributed by atoms with Gasteiger partial charge >= 0.3 is 0 Å². The van der Waals surface area contributed by atoms with Gasteiger partial charge in [0.2, 0.25) is 5.13 Å². The van der Waals surface area contributed by atoms with Crippen LogP contribution in [0.4, 0.5) is 5.13 Å². The third-order valence-electron chi connectivity index (χ3n) is 3.19. The molecule has 0 saturated carbocycles. The van der Waals surface area contributed by atoms with E-state index in [2.05, 4.69) is 66.6 Å². The molecule has 2 aromatic rings. The van der Waals surface area contributed by atoms with Crippen LogP contribution in [-0.2, 0) is 6.42 Å². The number of aromatic nitrogens is 2. The first-order valence-corrected chi connectivity index (χ1v) is 7.56. The zero-order chi connectivity index (χ0) is 13.8. The Labute approximate surface area is 119 Å². The quantitative estimate of drug-likeness (QED) is 0.879. The fraction of sp³-hybridized carbons (Fsp3) is 0.467. The van der Waals surface area contributed by atoms with Crippen molar-refractivity contribution in [2.24, 2.45) is 0 Å². The molecule has 0 spiro atoms. The van der Waals surface area contributed by atoms with Crippen LogP contribution in [0.15, 0.2) is 24.3 Å². The highest BCUT2D eigenvalue weighted by Crippen LogP contribution is 2.23. The van der Waals surface area contributed by atoms with Gasteiger partial charge < -0.3 is 5.32 Å². The summed E-state index contributed by atoms with van der Waals surface area (Å²) >= 11 is 1.44. The molecule has 19 heavy (non-hydrogen) atoms. The summed E-state index contributed by atoms with van der Waals surface area (Å²) in [7, 11) is 0. The molecule has 1 aromatic heterocycles. The second-order valence-corrected chi connectivity index (χ2v) is 5.83. The lowest BCUT2D eigenvalue weighted by Gasteiger charge is -2.13. The van der Waals surface area contributed by atoms with Gasteiger partial charge in [0.1, 0.15) is 5.82 Å². The fourth-order valence-corrected chi connectivity index (χ4v) is 2.63. The van der Waals surface area contributed by atoms with E-state index in [1.165, 1.54) is 22.7 Å². The van der Waals surface area contributed by atoms with Crippen LogP contribution in [0.25, 0.3) is 0 Å². The van der Waals surface area contributed by atoms with Crippen LogP contribution in [0.1, 0.15) is 56.6 Å². The summed E-state index contributed by atoms with van der Waals surface area (Å²) in [4.78, 5) is 4.51. The number of rotatable bonds is 5. The molecule has 3 nitrogen and oxygen atoms in total. The number of hydrogen-bond donors (Lipinski definition) is 1. The van der Waals surface area contributed by atoms with Crippen LogP contribution in [0.5, 0.6) is 0 Å². The van der Waals surface area contributed by atoms with Gasteiger partial charge in [-0.3, -0.25) is 0 Å². The van der Waals surface area contributed by atoms with E-state index < -0.39 is 0 Å². The molecular formula is C15H21N3S. The van der Waals surface area contributed by atoms with E-state index >= 15 is 0 Å². The van der Waals surface area contributed by atoms with Crippen molar-refractivity contribution in [1.29, 1.82) is 0 Å². The highest BCUT2D eigenvalue weighted by atomic mass is 32.1. The summed E-state index contributed by atoms with van der Waals surface area (Å²) in [5, 5.41) is 4.31. The standard InChI is InChI=1S/C15H21N3S/c1-5-12-6-8-13(9-7-12)11(4)16-15-17-14(10(2)3)18-19-15/h6-11H,5H2,1-4H3,(H,16,17,18). The second kappa shape index (κ2) is 6.15. The van der Waals surface area contributed by atoms with Crippen LogP contribution in [0, 0.1) is 0 Å². The molecular weight excluding hydrogens is 254 g/mol. The molecule has 2 rings (SSSR count). The Hall–Kier alpha value is -1.42. The van der Waals surface area contributed by atoms with Gasteiger partial charge in [0.25, 0.3) is 0 Å². The van der Waals surface area contributed by atoms with Gasteiger partial charge in [0, 0.05) is 17.5 Å². The summed E-state index contributed by atoms with van der Waals surface area (Å²) in [6, 6.07) is 8.99. The Kier molecular flexibility index (Phi) is 4.53. The van der Waals surface area contributed by atoms with Gasteiger partial charge in [0.15, 0.2) is 0 Å². The van der Waals surface area contributed by atoms with Crippen LogP contribution in [0.2, 0.25) is 0 Å². The third-order valence-corrected chi connectivity index (χ3v) is 3.85. The summed E-state index contributed by atoms with van der Waals surface area (Å²) < 4.78 is 4.36. The average molecular weight is 275 g/mol. The first-order valence-electron chi connectivity index (χ1n) is 6.79. The Morgan fingerprint density at radius 2 is 1.84 bits per heavy atom. The molecule has 1 aromatic carbocycles. The van der Waals surface area contributed by atoms with Crippen LogP contribution < -0.4 is 5.32 Å². The van der Waals surface area contributed by atoms with E-state index in [9.17, 15) is 0 Å². The molecule has 0 fully saturated rings. The minimum atomic E-state index is 0.249. The highest BCUT2D eigenvalue weighted by Gasteiger charge is 2.11. The monoisotopic (exact) mass is 275 g/mol. The topological polar surface area (TPSA) is 37.8 Å². The van der Waals surface area contributed by atoms with Crippen molar-refractivity contribution in [2.45, 2.75) is 46.1 Å². The van der Waals surface area contributed by atoms with E-state index in [1.807, 2.05) is 0 Å². The van der Waals surface area contributed by atoms with E-state index in [0.717, 1.165) is 17.4 Å². The zero-order valence-corrected chi connectivity index (χ0v) is 12.8. The minimum absolute atomic E-state index is 0.249. The molecule has 0 aliphatic carbocycles. The maximum Gasteiger partial charge on any atom is 0.203 e. The molecule has 0 radical (unpaired) electrons. The molecule has 0 saturated heterocycles. The number of nitrogens with zero attached hydrogens (tertiary/aromatic N) is 2. The molecule has 1 heterocycles. The molecule has 4 heteroatoms. The maximum atomic E-state index is 4.51. The number of hydrogen-bond acceptors (Lipinski definition) is 4. The smallest absolute Gasteiger partial charge is 0.203 e. The van der Waals surface area contributed by atoms with Gasteiger partial charge in [-0.2, -0.15) is 4.37 Å². The predicted molar refractivity (Wildman–Crippen MR) is 81.9 cm³/mol. The summed E-state index contributed by atoms with van der Waals surface area (Å²) in [5.41, 5.74) is 2.65. The fourth-order valence-electron chi connectivity index (χ4n) is 1.84. The average Bonchev–Trinajstić information content (AvgIpc) is 2.87. The summed E-state index contributed by atoms with van der Waals surface area (Å²) in [6.45, 7) is 8.54. The Morgan fingerprint density at radius 3 is 2.37 bits per heavy atom. The van der Waals surface area contributed by atoms with E-state index in [0.29, 0.717) is 5.92 Å². The lowest BCUT2D eigenvalue weighted by atomic mass is 10.1. The van der Waals surface area contributed by atoms with Crippen molar-refractivity contribution in [3.05, 3.63) is 41.2 Å². The first-order chi connectivity index (χ1) is 9.10. The third kappa shape index (κ3) is 3.53. The van der Waals surface area contributed by atoms with Crippen molar-refractivity contribution < 1.29 is 0 Å². The van der Waals surface area contributed by atoms with Crippen molar-refractivity contribution >= 4 is 16.7 Å². The molecule has 0 bridgehead atoms. The van der Waals surface area contributed by atoms with Gasteiger partial charge in [-0.1, -0.05) is 45.0 Å². The number of benzene rings is 1.